The number of hydrogen-bond acceptors (Lipinski definition) is 4. The monoisotopic (exact) mass is 349 g/mol. The largest absolute Gasteiger partial charge is 0.304 e. The number of aryl methyl sites for hydroxylation is 3. The standard InChI is InChI=1S/C19H19N5O2/c1-12-9-10-24(15-8-4-6-13-5-3-7-14(13)15)19(26)17(12)18(25)20-16-11-23(2)22-21-16/h4,6,8-11H,3,5,7H2,1-2H3,(H,20,25). The van der Waals surface area contributed by atoms with Gasteiger partial charge in [0.2, 0.25) is 0 Å². The first-order chi connectivity index (χ1) is 12.5. The molecule has 1 amide bonds. The van der Waals surface area contributed by atoms with E-state index in [1.165, 1.54) is 15.8 Å². The number of aromatic nitrogens is 4. The Balaban J connectivity index is 1.78. The zero-order valence-corrected chi connectivity index (χ0v) is 14.7. The minimum absolute atomic E-state index is 0.119. The molecule has 4 rings (SSSR count). The van der Waals surface area contributed by atoms with E-state index in [1.807, 2.05) is 12.1 Å². The van der Waals surface area contributed by atoms with Crippen LogP contribution in [0.4, 0.5) is 5.82 Å². The van der Waals surface area contributed by atoms with Crippen molar-refractivity contribution in [2.24, 2.45) is 7.05 Å². The van der Waals surface area contributed by atoms with Gasteiger partial charge in [-0.15, -0.1) is 5.10 Å². The van der Waals surface area contributed by atoms with E-state index in [0.717, 1.165) is 24.9 Å². The Morgan fingerprint density at radius 1 is 1.23 bits per heavy atom. The van der Waals surface area contributed by atoms with Crippen molar-refractivity contribution in [2.45, 2.75) is 26.2 Å². The molecule has 0 bridgehead atoms. The van der Waals surface area contributed by atoms with Gasteiger partial charge >= 0.3 is 0 Å². The molecule has 1 aromatic carbocycles. The Labute approximate surface area is 150 Å². The number of nitrogens with one attached hydrogen (secondary N) is 1. The smallest absolute Gasteiger partial charge is 0.268 e. The summed E-state index contributed by atoms with van der Waals surface area (Å²) < 4.78 is 3.06. The molecule has 132 valence electrons. The van der Waals surface area contributed by atoms with Crippen LogP contribution in [-0.4, -0.2) is 25.5 Å². The van der Waals surface area contributed by atoms with Crippen LogP contribution in [0.3, 0.4) is 0 Å². The molecule has 1 N–H and O–H groups in total. The average molecular weight is 349 g/mol. The highest BCUT2D eigenvalue weighted by atomic mass is 16.2. The number of amides is 1. The summed E-state index contributed by atoms with van der Waals surface area (Å²) in [5.74, 6) is -0.165. The Hall–Kier alpha value is -3.22. The van der Waals surface area contributed by atoms with E-state index in [4.69, 9.17) is 0 Å². The molecule has 2 aromatic heterocycles. The number of nitrogens with zero attached hydrogens (tertiary/aromatic N) is 4. The molecule has 7 nitrogen and oxygen atoms in total. The lowest BCUT2D eigenvalue weighted by Gasteiger charge is -2.14. The van der Waals surface area contributed by atoms with E-state index < -0.39 is 5.91 Å². The van der Waals surface area contributed by atoms with Crippen molar-refractivity contribution in [1.82, 2.24) is 19.6 Å². The summed E-state index contributed by atoms with van der Waals surface area (Å²) in [6.45, 7) is 1.76. The fraction of sp³-hybridized carbons (Fsp3) is 0.263. The second-order valence-electron chi connectivity index (χ2n) is 6.55. The van der Waals surface area contributed by atoms with Crippen molar-refractivity contribution in [3.8, 4) is 5.69 Å². The molecule has 0 radical (unpaired) electrons. The van der Waals surface area contributed by atoms with Crippen molar-refractivity contribution in [2.75, 3.05) is 5.32 Å². The summed E-state index contributed by atoms with van der Waals surface area (Å²) in [5.41, 5.74) is 3.75. The lowest BCUT2D eigenvalue weighted by atomic mass is 10.1. The maximum absolute atomic E-state index is 13.1. The number of fused-ring (bicyclic) bond motifs is 1. The number of benzene rings is 1. The highest BCUT2D eigenvalue weighted by Gasteiger charge is 2.20. The highest BCUT2D eigenvalue weighted by molar-refractivity contribution is 6.04. The third-order valence-electron chi connectivity index (χ3n) is 4.75. The van der Waals surface area contributed by atoms with Gasteiger partial charge in [-0.1, -0.05) is 17.3 Å². The van der Waals surface area contributed by atoms with Crippen molar-refractivity contribution in [3.05, 3.63) is 69.3 Å². The van der Waals surface area contributed by atoms with E-state index >= 15 is 0 Å². The van der Waals surface area contributed by atoms with Crippen molar-refractivity contribution in [3.63, 3.8) is 0 Å². The lowest BCUT2D eigenvalue weighted by molar-refractivity contribution is 0.102. The molecule has 26 heavy (non-hydrogen) atoms. The fourth-order valence-electron chi connectivity index (χ4n) is 3.50. The molecule has 1 aliphatic rings. The molecule has 0 fully saturated rings. The molecule has 2 heterocycles. The van der Waals surface area contributed by atoms with Gasteiger partial charge in [-0.05, 0) is 55.0 Å². The van der Waals surface area contributed by atoms with E-state index in [1.54, 1.807) is 37.0 Å². The Morgan fingerprint density at radius 3 is 2.85 bits per heavy atom. The van der Waals surface area contributed by atoms with E-state index in [2.05, 4.69) is 21.7 Å². The highest BCUT2D eigenvalue weighted by Crippen LogP contribution is 2.27. The van der Waals surface area contributed by atoms with Crippen LogP contribution < -0.4 is 10.9 Å². The number of rotatable bonds is 3. The molecule has 0 aliphatic heterocycles. The van der Waals surface area contributed by atoms with Crippen LogP contribution in [0, 0.1) is 6.92 Å². The molecule has 0 atom stereocenters. The maximum Gasteiger partial charge on any atom is 0.268 e. The van der Waals surface area contributed by atoms with Gasteiger partial charge in [-0.25, -0.2) is 0 Å². The summed E-state index contributed by atoms with van der Waals surface area (Å²) in [7, 11) is 1.71. The second-order valence-corrected chi connectivity index (χ2v) is 6.55. The molecule has 0 unspecified atom stereocenters. The number of hydrogen-bond donors (Lipinski definition) is 1. The zero-order chi connectivity index (χ0) is 18.3. The van der Waals surface area contributed by atoms with Gasteiger partial charge in [-0.2, -0.15) is 0 Å². The molecule has 0 saturated carbocycles. The predicted octanol–water partition coefficient (Wildman–Crippen LogP) is 2.02. The first-order valence-corrected chi connectivity index (χ1v) is 8.55. The molecule has 7 heteroatoms. The van der Waals surface area contributed by atoms with Gasteiger partial charge in [-0.3, -0.25) is 18.8 Å². The Bertz CT molecular complexity index is 1060. The molecule has 0 saturated heterocycles. The summed E-state index contributed by atoms with van der Waals surface area (Å²) >= 11 is 0. The normalized spacial score (nSPS) is 12.8. The van der Waals surface area contributed by atoms with E-state index in [9.17, 15) is 9.59 Å². The topological polar surface area (TPSA) is 81.8 Å². The van der Waals surface area contributed by atoms with Crippen LogP contribution in [0.5, 0.6) is 0 Å². The quantitative estimate of drug-likeness (QED) is 0.784. The van der Waals surface area contributed by atoms with Gasteiger partial charge in [0.25, 0.3) is 11.5 Å². The Kier molecular flexibility index (Phi) is 3.91. The summed E-state index contributed by atoms with van der Waals surface area (Å²) in [5, 5.41) is 10.3. The number of carbonyl (C=O) groups is 1. The molecule has 1 aliphatic carbocycles. The van der Waals surface area contributed by atoms with Crippen LogP contribution in [-0.2, 0) is 19.9 Å². The summed E-state index contributed by atoms with van der Waals surface area (Å²) in [6, 6.07) is 7.80. The van der Waals surface area contributed by atoms with Crippen LogP contribution in [0.2, 0.25) is 0 Å². The van der Waals surface area contributed by atoms with Gasteiger partial charge < -0.3 is 5.32 Å². The SMILES string of the molecule is Cc1ccn(-c2cccc3c2CCC3)c(=O)c1C(=O)Nc1cn(C)nn1. The van der Waals surface area contributed by atoms with Crippen LogP contribution in [0.1, 0.15) is 33.5 Å². The molecule has 3 aromatic rings. The Morgan fingerprint density at radius 2 is 2.08 bits per heavy atom. The fourth-order valence-corrected chi connectivity index (χ4v) is 3.50. The van der Waals surface area contributed by atoms with Gasteiger partial charge in [0.05, 0.1) is 11.9 Å². The van der Waals surface area contributed by atoms with Crippen molar-refractivity contribution < 1.29 is 4.79 Å². The third kappa shape index (κ3) is 2.71. The van der Waals surface area contributed by atoms with E-state index in [0.29, 0.717) is 11.4 Å². The van der Waals surface area contributed by atoms with Crippen molar-refractivity contribution >= 4 is 11.7 Å². The minimum Gasteiger partial charge on any atom is -0.304 e. The van der Waals surface area contributed by atoms with Crippen LogP contribution in [0.25, 0.3) is 5.69 Å². The third-order valence-corrected chi connectivity index (χ3v) is 4.75. The second kappa shape index (κ2) is 6.25. The summed E-state index contributed by atoms with van der Waals surface area (Å²) in [4.78, 5) is 25.8. The maximum atomic E-state index is 13.1. The molecular formula is C19H19N5O2. The number of pyridine rings is 1. The first kappa shape index (κ1) is 16.3. The molecular weight excluding hydrogens is 330 g/mol. The average Bonchev–Trinajstić information content (AvgIpc) is 3.23. The number of anilines is 1. The number of carbonyl (C=O) groups excluding carboxylic acids is 1. The van der Waals surface area contributed by atoms with Crippen LogP contribution >= 0.6 is 0 Å². The lowest BCUT2D eigenvalue weighted by Crippen LogP contribution is -2.30. The zero-order valence-electron chi connectivity index (χ0n) is 14.7. The van der Waals surface area contributed by atoms with Crippen molar-refractivity contribution in [1.29, 1.82) is 0 Å². The summed E-state index contributed by atoms with van der Waals surface area (Å²) in [6.07, 6.45) is 6.40. The molecule has 0 spiro atoms. The van der Waals surface area contributed by atoms with Gasteiger partial charge in [0, 0.05) is 13.2 Å². The first-order valence-electron chi connectivity index (χ1n) is 8.55. The van der Waals surface area contributed by atoms with Gasteiger partial charge in [0.15, 0.2) is 5.82 Å². The van der Waals surface area contributed by atoms with E-state index in [-0.39, 0.29) is 11.1 Å². The van der Waals surface area contributed by atoms with Gasteiger partial charge in [0.1, 0.15) is 5.56 Å². The minimum atomic E-state index is -0.477. The predicted molar refractivity (Wildman–Crippen MR) is 97.8 cm³/mol. The van der Waals surface area contributed by atoms with Crippen LogP contribution in [0.15, 0.2) is 41.5 Å².